The average molecular weight is 226 g/mol. The van der Waals surface area contributed by atoms with E-state index in [1.165, 1.54) is 0 Å². The highest BCUT2D eigenvalue weighted by molar-refractivity contribution is 5.86. The Morgan fingerprint density at radius 2 is 1.64 bits per heavy atom. The number of carbonyl (C=O) groups excluding carboxylic acids is 1. The van der Waals surface area contributed by atoms with Gasteiger partial charge in [0, 0.05) is 0 Å². The van der Waals surface area contributed by atoms with Crippen LogP contribution in [0.25, 0.3) is 0 Å². The zero-order chi connectivity index (χ0) is 6.57. The molecular formula is C6H15Cl3O2. The summed E-state index contributed by atoms with van der Waals surface area (Å²) in [5, 5.41) is 0. The summed E-state index contributed by atoms with van der Waals surface area (Å²) in [6, 6.07) is 0. The minimum absolute atomic E-state index is 0. The molecule has 0 N–H and O–H groups in total. The third-order valence-corrected chi connectivity index (χ3v) is 0.758. The lowest BCUT2D eigenvalue weighted by molar-refractivity contribution is -0.146. The summed E-state index contributed by atoms with van der Waals surface area (Å²) in [5.74, 6) is -0.109. The molecule has 0 amide bonds. The van der Waals surface area contributed by atoms with Gasteiger partial charge in [-0.3, -0.25) is 4.79 Å². The lowest BCUT2D eigenvalue weighted by Gasteiger charge is -2.01. The summed E-state index contributed by atoms with van der Waals surface area (Å²) < 4.78 is 4.66. The number of carbonyl (C=O) groups is 1. The highest BCUT2D eigenvalue weighted by Crippen LogP contribution is 1.93. The van der Waals surface area contributed by atoms with E-state index in [9.17, 15) is 4.79 Å². The molecule has 0 radical (unpaired) electrons. The van der Waals surface area contributed by atoms with E-state index >= 15 is 0 Å². The summed E-state index contributed by atoms with van der Waals surface area (Å²) in [5.41, 5.74) is 0. The van der Waals surface area contributed by atoms with Gasteiger partial charge in [0.15, 0.2) is 0 Å². The quantitative estimate of drug-likeness (QED) is 0.675. The Hall–Kier alpha value is 0.340. The van der Waals surface area contributed by atoms with Gasteiger partial charge in [-0.2, -0.15) is 0 Å². The zero-order valence-corrected chi connectivity index (χ0v) is 9.28. The first kappa shape index (κ1) is 22.5. The first-order valence-corrected chi connectivity index (χ1v) is 2.85. The molecule has 0 spiro atoms. The molecule has 0 fully saturated rings. The van der Waals surface area contributed by atoms with Gasteiger partial charge in [-0.15, -0.1) is 37.2 Å². The van der Waals surface area contributed by atoms with E-state index in [0.717, 1.165) is 0 Å². The molecule has 0 aliphatic carbocycles. The van der Waals surface area contributed by atoms with E-state index in [1.54, 1.807) is 6.92 Å². The lowest BCUT2D eigenvalue weighted by Crippen LogP contribution is -2.10. The van der Waals surface area contributed by atoms with Crippen LogP contribution in [0.4, 0.5) is 0 Å². The van der Waals surface area contributed by atoms with Gasteiger partial charge >= 0.3 is 5.97 Å². The molecule has 2 nitrogen and oxygen atoms in total. The third-order valence-electron chi connectivity index (χ3n) is 0.758. The molecular weight excluding hydrogens is 210 g/mol. The van der Waals surface area contributed by atoms with Crippen molar-refractivity contribution in [2.75, 3.05) is 6.61 Å². The maximum atomic E-state index is 10.5. The smallest absolute Gasteiger partial charge is 0.308 e. The van der Waals surface area contributed by atoms with Crippen molar-refractivity contribution in [3.05, 3.63) is 0 Å². The number of esters is 1. The fourth-order valence-electron chi connectivity index (χ4n) is 0.309. The standard InChI is InChI=1S/C6H12O2.3ClH/c1-4-8-6(7)5(2)3;;;/h5H,4H2,1-3H3;3*1H. The number of hydrogen-bond acceptors (Lipinski definition) is 2. The summed E-state index contributed by atoms with van der Waals surface area (Å²) in [6.45, 7) is 5.92. The van der Waals surface area contributed by atoms with Crippen molar-refractivity contribution >= 4 is 43.2 Å². The van der Waals surface area contributed by atoms with Gasteiger partial charge in [-0.25, -0.2) is 0 Å². The van der Waals surface area contributed by atoms with Crippen LogP contribution in [0.15, 0.2) is 0 Å². The highest BCUT2D eigenvalue weighted by Gasteiger charge is 2.04. The number of ether oxygens (including phenoxy) is 1. The van der Waals surface area contributed by atoms with E-state index in [0.29, 0.717) is 6.61 Å². The van der Waals surface area contributed by atoms with Crippen molar-refractivity contribution in [1.82, 2.24) is 0 Å². The second-order valence-corrected chi connectivity index (χ2v) is 1.91. The van der Waals surface area contributed by atoms with Gasteiger partial charge in [0.1, 0.15) is 0 Å². The predicted octanol–water partition coefficient (Wildman–Crippen LogP) is 2.47. The molecule has 72 valence electrons. The number of hydrogen-bond donors (Lipinski definition) is 0. The number of halogens is 3. The van der Waals surface area contributed by atoms with E-state index in [1.807, 2.05) is 13.8 Å². The van der Waals surface area contributed by atoms with Crippen molar-refractivity contribution in [3.8, 4) is 0 Å². The minimum atomic E-state index is -0.118. The fourth-order valence-corrected chi connectivity index (χ4v) is 0.309. The van der Waals surface area contributed by atoms with Crippen LogP contribution in [0.1, 0.15) is 20.8 Å². The van der Waals surface area contributed by atoms with Crippen LogP contribution in [0.2, 0.25) is 0 Å². The average Bonchev–Trinajstić information content (AvgIpc) is 1.67. The van der Waals surface area contributed by atoms with Crippen molar-refractivity contribution in [2.24, 2.45) is 5.92 Å². The van der Waals surface area contributed by atoms with Gasteiger partial charge < -0.3 is 4.74 Å². The van der Waals surface area contributed by atoms with Gasteiger partial charge in [0.25, 0.3) is 0 Å². The molecule has 0 bridgehead atoms. The summed E-state index contributed by atoms with van der Waals surface area (Å²) in [7, 11) is 0. The first-order valence-electron chi connectivity index (χ1n) is 2.85. The molecule has 0 rings (SSSR count). The van der Waals surface area contributed by atoms with Crippen molar-refractivity contribution in [3.63, 3.8) is 0 Å². The Bertz CT molecular complexity index is 85.9. The summed E-state index contributed by atoms with van der Waals surface area (Å²) >= 11 is 0. The minimum Gasteiger partial charge on any atom is -0.466 e. The largest absolute Gasteiger partial charge is 0.466 e. The third kappa shape index (κ3) is 13.3. The van der Waals surface area contributed by atoms with Crippen LogP contribution in [0.5, 0.6) is 0 Å². The van der Waals surface area contributed by atoms with Crippen molar-refractivity contribution < 1.29 is 9.53 Å². The molecule has 0 saturated heterocycles. The monoisotopic (exact) mass is 224 g/mol. The summed E-state index contributed by atoms with van der Waals surface area (Å²) in [6.07, 6.45) is 0. The Morgan fingerprint density at radius 3 is 1.73 bits per heavy atom. The Kier molecular flexibility index (Phi) is 26.5. The molecule has 0 saturated carbocycles. The molecule has 0 heterocycles. The molecule has 5 heteroatoms. The van der Waals surface area contributed by atoms with Crippen LogP contribution in [0.3, 0.4) is 0 Å². The molecule has 0 aromatic heterocycles. The second-order valence-electron chi connectivity index (χ2n) is 1.91. The van der Waals surface area contributed by atoms with Crippen LogP contribution in [-0.2, 0) is 9.53 Å². The molecule has 0 atom stereocenters. The van der Waals surface area contributed by atoms with E-state index < -0.39 is 0 Å². The zero-order valence-electron chi connectivity index (χ0n) is 6.83. The molecule has 0 aliphatic rings. The van der Waals surface area contributed by atoms with Gasteiger partial charge in [-0.1, -0.05) is 13.8 Å². The van der Waals surface area contributed by atoms with Gasteiger partial charge in [-0.05, 0) is 6.92 Å². The predicted molar refractivity (Wildman–Crippen MR) is 53.2 cm³/mol. The van der Waals surface area contributed by atoms with Crippen LogP contribution >= 0.6 is 37.2 Å². The number of rotatable bonds is 2. The van der Waals surface area contributed by atoms with Crippen molar-refractivity contribution in [1.29, 1.82) is 0 Å². The fraction of sp³-hybridized carbons (Fsp3) is 0.833. The van der Waals surface area contributed by atoms with Crippen LogP contribution in [0, 0.1) is 5.92 Å². The van der Waals surface area contributed by atoms with E-state index in [-0.39, 0.29) is 49.1 Å². The normalized spacial score (nSPS) is 6.91. The first-order chi connectivity index (χ1) is 3.68. The van der Waals surface area contributed by atoms with E-state index in [2.05, 4.69) is 4.74 Å². The molecule has 11 heavy (non-hydrogen) atoms. The lowest BCUT2D eigenvalue weighted by atomic mass is 10.2. The highest BCUT2D eigenvalue weighted by atomic mass is 35.5. The Balaban J connectivity index is -0.0000000817. The topological polar surface area (TPSA) is 26.3 Å². The molecule has 0 aromatic rings. The molecule has 0 aliphatic heterocycles. The maximum absolute atomic E-state index is 10.5. The van der Waals surface area contributed by atoms with Crippen LogP contribution in [-0.4, -0.2) is 12.6 Å². The Labute approximate surface area is 86.3 Å². The maximum Gasteiger partial charge on any atom is 0.308 e. The molecule has 0 aromatic carbocycles. The molecule has 0 unspecified atom stereocenters. The SMILES string of the molecule is CCOC(=O)C(C)C.Cl.Cl.Cl. The van der Waals surface area contributed by atoms with E-state index in [4.69, 9.17) is 0 Å². The van der Waals surface area contributed by atoms with Crippen LogP contribution < -0.4 is 0 Å². The van der Waals surface area contributed by atoms with Gasteiger partial charge in [0.05, 0.1) is 12.5 Å². The Morgan fingerprint density at radius 1 is 1.27 bits per heavy atom. The summed E-state index contributed by atoms with van der Waals surface area (Å²) in [4.78, 5) is 10.5. The van der Waals surface area contributed by atoms with Gasteiger partial charge in [0.2, 0.25) is 0 Å². The van der Waals surface area contributed by atoms with Crippen molar-refractivity contribution in [2.45, 2.75) is 20.8 Å². The second kappa shape index (κ2) is 13.0.